The molecule has 0 bridgehead atoms. The van der Waals surface area contributed by atoms with Gasteiger partial charge in [0.25, 0.3) is 0 Å². The van der Waals surface area contributed by atoms with Gasteiger partial charge in [0, 0.05) is 16.1 Å². The van der Waals surface area contributed by atoms with Crippen LogP contribution in [0.2, 0.25) is 5.02 Å². The monoisotopic (exact) mass is 356 g/mol. The predicted molar refractivity (Wildman–Crippen MR) is 87.7 cm³/mol. The Balaban J connectivity index is 2.04. The Bertz CT molecular complexity index is 533. The predicted octanol–water partition coefficient (Wildman–Crippen LogP) is 5.19. The SMILES string of the molecule is SCC(COc1ccc(Br)cc1Cl)c1ccccc1. The summed E-state index contributed by atoms with van der Waals surface area (Å²) < 4.78 is 6.74. The molecule has 0 N–H and O–H groups in total. The zero-order chi connectivity index (χ0) is 13.7. The van der Waals surface area contributed by atoms with E-state index >= 15 is 0 Å². The molecule has 1 atom stereocenters. The number of thiol groups is 1. The average Bonchev–Trinajstić information content (AvgIpc) is 2.43. The summed E-state index contributed by atoms with van der Waals surface area (Å²) in [5, 5.41) is 0.611. The first-order valence-corrected chi connectivity index (χ1v) is 7.74. The second-order valence-electron chi connectivity index (χ2n) is 4.18. The third-order valence-electron chi connectivity index (χ3n) is 2.83. The van der Waals surface area contributed by atoms with E-state index in [2.05, 4.69) is 40.7 Å². The Morgan fingerprint density at radius 1 is 1.16 bits per heavy atom. The third-order valence-corrected chi connectivity index (χ3v) is 4.05. The Labute approximate surface area is 132 Å². The van der Waals surface area contributed by atoms with Gasteiger partial charge in [0.1, 0.15) is 5.75 Å². The van der Waals surface area contributed by atoms with E-state index in [4.69, 9.17) is 16.3 Å². The Morgan fingerprint density at radius 3 is 2.53 bits per heavy atom. The van der Waals surface area contributed by atoms with Gasteiger partial charge in [-0.2, -0.15) is 12.6 Å². The molecule has 0 fully saturated rings. The van der Waals surface area contributed by atoms with Gasteiger partial charge in [-0.1, -0.05) is 57.9 Å². The molecular formula is C15H14BrClOS. The first-order valence-electron chi connectivity index (χ1n) is 5.94. The second kappa shape index (κ2) is 7.22. The molecule has 1 nitrogen and oxygen atoms in total. The molecule has 0 aliphatic rings. The molecule has 19 heavy (non-hydrogen) atoms. The lowest BCUT2D eigenvalue weighted by molar-refractivity contribution is 0.298. The van der Waals surface area contributed by atoms with Crippen molar-refractivity contribution in [2.45, 2.75) is 5.92 Å². The van der Waals surface area contributed by atoms with Crippen molar-refractivity contribution in [2.75, 3.05) is 12.4 Å². The third kappa shape index (κ3) is 4.16. The maximum Gasteiger partial charge on any atom is 0.137 e. The van der Waals surface area contributed by atoms with Crippen molar-refractivity contribution in [1.82, 2.24) is 0 Å². The van der Waals surface area contributed by atoms with Gasteiger partial charge in [0.2, 0.25) is 0 Å². The molecule has 0 spiro atoms. The quantitative estimate of drug-likeness (QED) is 0.724. The number of benzene rings is 2. The zero-order valence-corrected chi connectivity index (χ0v) is 13.5. The highest BCUT2D eigenvalue weighted by molar-refractivity contribution is 9.10. The molecule has 2 aromatic carbocycles. The molecule has 4 heteroatoms. The summed E-state index contributed by atoms with van der Waals surface area (Å²) in [4.78, 5) is 0. The van der Waals surface area contributed by atoms with E-state index in [1.165, 1.54) is 5.56 Å². The maximum absolute atomic E-state index is 6.13. The average molecular weight is 358 g/mol. The molecule has 0 aliphatic carbocycles. The number of hydrogen-bond donors (Lipinski definition) is 1. The molecule has 0 saturated carbocycles. The fourth-order valence-corrected chi connectivity index (χ4v) is 2.81. The van der Waals surface area contributed by atoms with Crippen molar-refractivity contribution >= 4 is 40.2 Å². The van der Waals surface area contributed by atoms with Gasteiger partial charge in [-0.25, -0.2) is 0 Å². The van der Waals surface area contributed by atoms with E-state index in [0.29, 0.717) is 17.4 Å². The van der Waals surface area contributed by atoms with E-state index in [9.17, 15) is 0 Å². The van der Waals surface area contributed by atoms with E-state index in [0.717, 1.165) is 10.2 Å². The minimum absolute atomic E-state index is 0.254. The number of rotatable bonds is 5. The van der Waals surface area contributed by atoms with E-state index in [1.807, 2.05) is 36.4 Å². The van der Waals surface area contributed by atoms with E-state index < -0.39 is 0 Å². The van der Waals surface area contributed by atoms with Crippen LogP contribution in [0.1, 0.15) is 11.5 Å². The van der Waals surface area contributed by atoms with Crippen LogP contribution in [-0.2, 0) is 0 Å². The van der Waals surface area contributed by atoms with Crippen LogP contribution < -0.4 is 4.74 Å². The van der Waals surface area contributed by atoms with Crippen LogP contribution in [0, 0.1) is 0 Å². The lowest BCUT2D eigenvalue weighted by Crippen LogP contribution is -2.12. The van der Waals surface area contributed by atoms with Gasteiger partial charge in [-0.05, 0) is 23.8 Å². The van der Waals surface area contributed by atoms with Crippen LogP contribution in [0.4, 0.5) is 0 Å². The summed E-state index contributed by atoms with van der Waals surface area (Å²) in [7, 11) is 0. The summed E-state index contributed by atoms with van der Waals surface area (Å²) >= 11 is 13.9. The van der Waals surface area contributed by atoms with Gasteiger partial charge in [0.05, 0.1) is 11.6 Å². The van der Waals surface area contributed by atoms with Gasteiger partial charge < -0.3 is 4.74 Å². The Hall–Kier alpha value is -0.640. The maximum atomic E-state index is 6.13. The molecule has 0 saturated heterocycles. The topological polar surface area (TPSA) is 9.23 Å². The molecule has 1 unspecified atom stereocenters. The van der Waals surface area contributed by atoms with Crippen LogP contribution in [0.15, 0.2) is 53.0 Å². The van der Waals surface area contributed by atoms with Crippen molar-refractivity contribution < 1.29 is 4.74 Å². The highest BCUT2D eigenvalue weighted by Gasteiger charge is 2.11. The highest BCUT2D eigenvalue weighted by atomic mass is 79.9. The normalized spacial score (nSPS) is 12.2. The number of halogens is 2. The van der Waals surface area contributed by atoms with Gasteiger partial charge in [-0.15, -0.1) is 0 Å². The lowest BCUT2D eigenvalue weighted by atomic mass is 10.0. The van der Waals surface area contributed by atoms with Gasteiger partial charge >= 0.3 is 0 Å². The summed E-state index contributed by atoms with van der Waals surface area (Å²) in [6.45, 7) is 0.564. The first-order chi connectivity index (χ1) is 9.20. The second-order valence-corrected chi connectivity index (χ2v) is 5.86. The molecule has 2 rings (SSSR count). The Kier molecular flexibility index (Phi) is 5.61. The molecule has 0 radical (unpaired) electrons. The molecule has 0 heterocycles. The van der Waals surface area contributed by atoms with Crippen molar-refractivity contribution in [3.8, 4) is 5.75 Å². The molecule has 0 amide bonds. The summed E-state index contributed by atoms with van der Waals surface area (Å²) in [6.07, 6.45) is 0. The van der Waals surface area contributed by atoms with Gasteiger partial charge in [0.15, 0.2) is 0 Å². The summed E-state index contributed by atoms with van der Waals surface area (Å²) in [5.74, 6) is 1.69. The van der Waals surface area contributed by atoms with Crippen LogP contribution in [0.5, 0.6) is 5.75 Å². The molecule has 0 aromatic heterocycles. The van der Waals surface area contributed by atoms with Crippen LogP contribution in [0.3, 0.4) is 0 Å². The Morgan fingerprint density at radius 2 is 1.89 bits per heavy atom. The molecule has 100 valence electrons. The minimum Gasteiger partial charge on any atom is -0.491 e. The van der Waals surface area contributed by atoms with Crippen LogP contribution in [-0.4, -0.2) is 12.4 Å². The number of hydrogen-bond acceptors (Lipinski definition) is 2. The van der Waals surface area contributed by atoms with Crippen LogP contribution >= 0.6 is 40.2 Å². The summed E-state index contributed by atoms with van der Waals surface area (Å²) in [6, 6.07) is 15.9. The van der Waals surface area contributed by atoms with Gasteiger partial charge in [-0.3, -0.25) is 0 Å². The smallest absolute Gasteiger partial charge is 0.137 e. The standard InChI is InChI=1S/C15H14BrClOS/c16-13-6-7-15(14(17)8-13)18-9-12(10-19)11-4-2-1-3-5-11/h1-8,12,19H,9-10H2. The zero-order valence-electron chi connectivity index (χ0n) is 10.2. The molecule has 2 aromatic rings. The van der Waals surface area contributed by atoms with Crippen molar-refractivity contribution in [1.29, 1.82) is 0 Å². The number of ether oxygens (including phenoxy) is 1. The molecule has 0 aliphatic heterocycles. The summed E-state index contributed by atoms with van der Waals surface area (Å²) in [5.41, 5.74) is 1.23. The highest BCUT2D eigenvalue weighted by Crippen LogP contribution is 2.29. The van der Waals surface area contributed by atoms with Crippen LogP contribution in [0.25, 0.3) is 0 Å². The molecular weight excluding hydrogens is 344 g/mol. The minimum atomic E-state index is 0.254. The van der Waals surface area contributed by atoms with Crippen molar-refractivity contribution in [3.05, 3.63) is 63.6 Å². The fourth-order valence-electron chi connectivity index (χ4n) is 1.76. The van der Waals surface area contributed by atoms with E-state index in [1.54, 1.807) is 0 Å². The first kappa shape index (κ1) is 14.8. The van der Waals surface area contributed by atoms with Crippen molar-refractivity contribution in [2.24, 2.45) is 0 Å². The lowest BCUT2D eigenvalue weighted by Gasteiger charge is -2.16. The van der Waals surface area contributed by atoms with Crippen molar-refractivity contribution in [3.63, 3.8) is 0 Å². The largest absolute Gasteiger partial charge is 0.491 e. The fraction of sp³-hybridized carbons (Fsp3) is 0.200. The van der Waals surface area contributed by atoms with E-state index in [-0.39, 0.29) is 5.92 Å².